The number of nitrogens with two attached hydrogens (primary N) is 3. The maximum atomic E-state index is 13.1. The number of hydrogen-bond acceptors (Lipinski definition) is 13. The van der Waals surface area contributed by atoms with E-state index in [-0.39, 0.29) is 62.7 Å². The van der Waals surface area contributed by atoms with Crippen molar-refractivity contribution in [2.75, 3.05) is 13.2 Å². The van der Waals surface area contributed by atoms with E-state index in [9.17, 15) is 36.7 Å². The molecule has 10 rings (SSSR count). The fourth-order valence-electron chi connectivity index (χ4n) is 9.68. The molecule has 4 saturated carbocycles. The number of aromatic nitrogens is 6. The maximum Gasteiger partial charge on any atom is 0.339 e. The van der Waals surface area contributed by atoms with Crippen LogP contribution in [0.5, 0.6) is 23.3 Å². The lowest BCUT2D eigenvalue weighted by molar-refractivity contribution is -0.0848. The number of rotatable bonds is 15. The summed E-state index contributed by atoms with van der Waals surface area (Å²) in [4.78, 5) is 54.8. The highest BCUT2D eigenvalue weighted by molar-refractivity contribution is 9.10. The van der Waals surface area contributed by atoms with Gasteiger partial charge in [0.2, 0.25) is 11.8 Å². The van der Waals surface area contributed by atoms with Gasteiger partial charge in [-0.15, -0.1) is 0 Å². The minimum absolute atomic E-state index is 0.0214. The van der Waals surface area contributed by atoms with Gasteiger partial charge >= 0.3 is 5.97 Å². The molecule has 4 fully saturated rings. The molecule has 4 aliphatic carbocycles. The summed E-state index contributed by atoms with van der Waals surface area (Å²) in [5.41, 5.74) is 18.9. The molecule has 0 bridgehead atoms. The summed E-state index contributed by atoms with van der Waals surface area (Å²) in [7, 11) is 0. The van der Waals surface area contributed by atoms with Crippen molar-refractivity contribution < 1.29 is 60.8 Å². The first kappa shape index (κ1) is 52.7. The summed E-state index contributed by atoms with van der Waals surface area (Å²) in [6.07, 6.45) is 13.4. The molecule has 0 atom stereocenters. The first-order valence-corrected chi connectivity index (χ1v) is 24.5. The van der Waals surface area contributed by atoms with E-state index in [2.05, 4.69) is 57.3 Å². The Kier molecular flexibility index (Phi) is 15.0. The van der Waals surface area contributed by atoms with Crippen LogP contribution in [0.2, 0.25) is 0 Å². The third-order valence-corrected chi connectivity index (χ3v) is 14.4. The van der Waals surface area contributed by atoms with Gasteiger partial charge in [0.1, 0.15) is 38.1 Å². The van der Waals surface area contributed by atoms with Crippen molar-refractivity contribution in [2.45, 2.75) is 101 Å². The van der Waals surface area contributed by atoms with E-state index >= 15 is 0 Å². The lowest BCUT2D eigenvalue weighted by Gasteiger charge is -2.57. The molecule has 8 N–H and O–H groups in total. The average Bonchev–Trinajstić information content (AvgIpc) is 3.92. The molecule has 73 heavy (non-hydrogen) atoms. The Morgan fingerprint density at radius 3 is 1.52 bits per heavy atom. The highest BCUT2D eigenvalue weighted by Crippen LogP contribution is 2.57. The second-order valence-electron chi connectivity index (χ2n) is 19.2. The smallest absolute Gasteiger partial charge is 0.339 e. The molecule has 19 nitrogen and oxygen atoms in total. The number of nitrogens with zero attached hydrogens (tertiary/aromatic N) is 6. The largest absolute Gasteiger partial charge is 0.484 e. The number of carbonyl (C=O) groups excluding carboxylic acids is 3. The minimum Gasteiger partial charge on any atom is -0.484 e. The van der Waals surface area contributed by atoms with Gasteiger partial charge in [0.05, 0.1) is 29.0 Å². The van der Waals surface area contributed by atoms with E-state index in [0.29, 0.717) is 44.1 Å². The number of nitrogens with one attached hydrogen (secondary N) is 1. The third kappa shape index (κ3) is 12.1. The van der Waals surface area contributed by atoms with Gasteiger partial charge in [-0.05, 0) is 143 Å². The summed E-state index contributed by atoms with van der Waals surface area (Å²) in [6.45, 7) is -0.0212. The van der Waals surface area contributed by atoms with Crippen molar-refractivity contribution in [2.24, 2.45) is 28.0 Å². The lowest BCUT2D eigenvalue weighted by Crippen LogP contribution is -2.58. The Hall–Kier alpha value is -6.60. The van der Waals surface area contributed by atoms with Gasteiger partial charge in [-0.1, -0.05) is 0 Å². The molecule has 6 aromatic heterocycles. The van der Waals surface area contributed by atoms with Gasteiger partial charge in [-0.3, -0.25) is 14.4 Å². The van der Waals surface area contributed by atoms with Crippen molar-refractivity contribution in [3.63, 3.8) is 0 Å². The summed E-state index contributed by atoms with van der Waals surface area (Å²) in [5.74, 6) is -7.40. The van der Waals surface area contributed by atoms with Crippen molar-refractivity contribution in [3.8, 4) is 23.3 Å². The van der Waals surface area contributed by atoms with Crippen molar-refractivity contribution >= 4 is 66.6 Å². The van der Waals surface area contributed by atoms with Crippen molar-refractivity contribution in [1.82, 2.24) is 34.5 Å². The molecule has 6 aromatic rings. The minimum atomic E-state index is -2.97. The number of hydrogen-bond donors (Lipinski definition) is 5. The Morgan fingerprint density at radius 1 is 0.685 bits per heavy atom. The molecule has 25 heteroatoms. The zero-order valence-corrected chi connectivity index (χ0v) is 42.4. The van der Waals surface area contributed by atoms with Gasteiger partial charge in [0.25, 0.3) is 29.6 Å². The average molecular weight is 1150 g/mol. The molecule has 388 valence electrons. The lowest BCUT2D eigenvalue weighted by atomic mass is 9.53. The van der Waals surface area contributed by atoms with E-state index in [1.54, 1.807) is 42.7 Å². The zero-order valence-electron chi connectivity index (χ0n) is 39.2. The van der Waals surface area contributed by atoms with Crippen LogP contribution >= 0.6 is 31.9 Å². The number of alkyl halides is 4. The quantitative estimate of drug-likeness (QED) is 0.0495. The molecular weight excluding hydrogens is 1100 g/mol. The molecule has 0 saturated heterocycles. The monoisotopic (exact) mass is 1140 g/mol. The highest BCUT2D eigenvalue weighted by Gasteiger charge is 2.55. The number of amides is 3. The number of carboxylic acids is 1. The Balaban J connectivity index is 0.000000161. The molecular formula is C48H50Br2F4N10O9. The summed E-state index contributed by atoms with van der Waals surface area (Å²) in [5, 5.41) is 20.1. The molecule has 0 aliphatic heterocycles. The fourth-order valence-corrected chi connectivity index (χ4v) is 10.7. The Labute approximate surface area is 430 Å². The normalized spacial score (nSPS) is 22.8. The van der Waals surface area contributed by atoms with Crippen LogP contribution in [-0.2, 0) is 0 Å². The number of fused-ring (bicyclic) bond motifs is 2. The predicted molar refractivity (Wildman–Crippen MR) is 260 cm³/mol. The van der Waals surface area contributed by atoms with Crippen LogP contribution in [0.1, 0.15) is 107 Å². The van der Waals surface area contributed by atoms with E-state index in [0.717, 1.165) is 65.2 Å². The van der Waals surface area contributed by atoms with Gasteiger partial charge in [0.15, 0.2) is 24.7 Å². The standard InChI is InChI=1S/C24H24BrF2N5O4.C13H17N3O2.C11H9BrF2N2O3/c1-23(26,27)12-35-18-5-4-17-16(11-30-32(17)19(18)25)21(34)31-13-7-24(8-13)9-14(10-24)36-22-15(20(28)33)3-2-6-29-22;14-8-4-13(5-8)6-9(7-13)18-12-10(11(15)17)2-1-3-16-12;1-11(13,14)5-19-8-3-2-7-6(10(17)18)4-15-16(7)9(8)12/h2-6,11,13-14H,7-10,12H2,1H3,(H2,28,33)(H,31,34);1-3,8-9H,4-7,14H2,(H2,15,17);2-4H,5H2,1H3,(H,17,18). The summed E-state index contributed by atoms with van der Waals surface area (Å²) in [6, 6.07) is 12.9. The van der Waals surface area contributed by atoms with Gasteiger partial charge < -0.3 is 46.6 Å². The molecule has 0 radical (unpaired) electrons. The van der Waals surface area contributed by atoms with Crippen LogP contribution in [0.25, 0.3) is 11.0 Å². The van der Waals surface area contributed by atoms with E-state index in [1.165, 1.54) is 39.6 Å². The number of ether oxygens (including phenoxy) is 4. The topological polar surface area (TPSA) is 276 Å². The van der Waals surface area contributed by atoms with Crippen LogP contribution in [-0.4, -0.2) is 107 Å². The zero-order chi connectivity index (χ0) is 52.6. The highest BCUT2D eigenvalue weighted by atomic mass is 79.9. The number of aromatic carboxylic acids is 1. The first-order chi connectivity index (χ1) is 34.4. The molecule has 0 aromatic carbocycles. The number of halogens is 6. The van der Waals surface area contributed by atoms with Crippen LogP contribution in [0.4, 0.5) is 17.6 Å². The van der Waals surface area contributed by atoms with Crippen molar-refractivity contribution in [3.05, 3.63) is 105 Å². The summed E-state index contributed by atoms with van der Waals surface area (Å²) < 4.78 is 76.8. The Morgan fingerprint density at radius 2 is 1.11 bits per heavy atom. The second kappa shape index (κ2) is 20.7. The van der Waals surface area contributed by atoms with Gasteiger partial charge in [-0.2, -0.15) is 10.2 Å². The molecule has 3 amide bonds. The SMILES string of the molecule is CC(F)(F)COc1ccc2c(C(=O)NC3CC4(C3)CC(Oc3ncccc3C(N)=O)C4)cnn2c1Br.CC(F)(F)COc1ccc2c(C(=O)O)cnn2c1Br.NC(=O)c1cccnc1OC1CC2(CC(N)C2)C1. The molecule has 6 heterocycles. The van der Waals surface area contributed by atoms with Gasteiger partial charge in [-0.25, -0.2) is 41.4 Å². The number of primary amides is 2. The number of carbonyl (C=O) groups is 4. The maximum absolute atomic E-state index is 13.1. The van der Waals surface area contributed by atoms with Crippen LogP contribution < -0.4 is 41.5 Å². The Bertz CT molecular complexity index is 3050. The molecule has 0 unspecified atom stereocenters. The molecule has 4 aliphatic rings. The number of pyridine rings is 4. The predicted octanol–water partition coefficient (Wildman–Crippen LogP) is 7.40. The van der Waals surface area contributed by atoms with Crippen LogP contribution in [0, 0.1) is 10.8 Å². The third-order valence-electron chi connectivity index (χ3n) is 13.0. The van der Waals surface area contributed by atoms with Gasteiger partial charge in [0, 0.05) is 38.3 Å². The fraction of sp³-hybridized carbons (Fsp3) is 0.417. The number of carboxylic acid groups (broad SMARTS) is 1. The molecule has 2 spiro atoms. The van der Waals surface area contributed by atoms with Crippen molar-refractivity contribution in [1.29, 1.82) is 0 Å². The van der Waals surface area contributed by atoms with E-state index in [1.807, 2.05) is 0 Å². The first-order valence-electron chi connectivity index (χ1n) is 22.9. The summed E-state index contributed by atoms with van der Waals surface area (Å²) >= 11 is 6.47. The van der Waals surface area contributed by atoms with Crippen LogP contribution in [0.3, 0.4) is 0 Å². The van der Waals surface area contributed by atoms with E-state index in [4.69, 9.17) is 41.3 Å². The second-order valence-corrected chi connectivity index (χ2v) is 20.7. The van der Waals surface area contributed by atoms with E-state index < -0.39 is 42.8 Å². The van der Waals surface area contributed by atoms with Crippen LogP contribution in [0.15, 0.2) is 82.5 Å².